The molecule has 0 aliphatic heterocycles. The quantitative estimate of drug-likeness (QED) is 0.565. The number of hydrogen-bond donors (Lipinski definition) is 2. The number of nitrogens with two attached hydrogens (primary N) is 1. The number of sulfonamides is 1. The average Bonchev–Trinajstić information content (AvgIpc) is 2.03. The molecule has 12 heavy (non-hydrogen) atoms. The van der Waals surface area contributed by atoms with Crippen molar-refractivity contribution in [3.63, 3.8) is 0 Å². The number of nitrogens with zero attached hydrogens (tertiary/aromatic N) is 1. The minimum absolute atomic E-state index is 0.0953. The van der Waals surface area contributed by atoms with Crippen LogP contribution in [0.5, 0.6) is 0 Å². The Bertz CT molecular complexity index is 215. The zero-order chi connectivity index (χ0) is 9.78. The molecule has 0 bridgehead atoms. The van der Waals surface area contributed by atoms with Crippen molar-refractivity contribution in [2.75, 3.05) is 26.7 Å². The molecule has 0 saturated carbocycles. The van der Waals surface area contributed by atoms with Gasteiger partial charge >= 0.3 is 0 Å². The van der Waals surface area contributed by atoms with Crippen molar-refractivity contribution >= 4 is 10.0 Å². The number of hydrogen-bond acceptors (Lipinski definition) is 4. The highest BCUT2D eigenvalue weighted by atomic mass is 32.2. The second kappa shape index (κ2) is 4.76. The van der Waals surface area contributed by atoms with Gasteiger partial charge in [0.05, 0.1) is 11.9 Å². The summed E-state index contributed by atoms with van der Waals surface area (Å²) in [7, 11) is -1.87. The summed E-state index contributed by atoms with van der Waals surface area (Å²) >= 11 is 0. The van der Waals surface area contributed by atoms with Gasteiger partial charge in [-0.15, -0.1) is 0 Å². The average molecular weight is 196 g/mol. The van der Waals surface area contributed by atoms with Gasteiger partial charge in [0.25, 0.3) is 0 Å². The molecule has 0 aromatic rings. The van der Waals surface area contributed by atoms with Gasteiger partial charge in [0, 0.05) is 20.1 Å². The standard InChI is InChI=1S/C6H16N2O3S/c1-6(5-7)12(10,11)8(2)3-4-9/h6,9H,3-5,7H2,1-2H3. The van der Waals surface area contributed by atoms with Crippen molar-refractivity contribution in [3.05, 3.63) is 0 Å². The van der Waals surface area contributed by atoms with E-state index >= 15 is 0 Å². The van der Waals surface area contributed by atoms with Crippen LogP contribution < -0.4 is 5.73 Å². The molecule has 0 aliphatic rings. The van der Waals surface area contributed by atoms with Gasteiger partial charge in [-0.2, -0.15) is 0 Å². The van der Waals surface area contributed by atoms with Crippen molar-refractivity contribution in [3.8, 4) is 0 Å². The van der Waals surface area contributed by atoms with Crippen molar-refractivity contribution in [2.45, 2.75) is 12.2 Å². The van der Waals surface area contributed by atoms with Crippen molar-refractivity contribution in [1.82, 2.24) is 4.31 Å². The van der Waals surface area contributed by atoms with Crippen LogP contribution in [0.25, 0.3) is 0 Å². The van der Waals surface area contributed by atoms with E-state index in [1.165, 1.54) is 7.05 Å². The Labute approximate surface area is 73.2 Å². The zero-order valence-electron chi connectivity index (χ0n) is 7.40. The number of rotatable bonds is 5. The summed E-state index contributed by atoms with van der Waals surface area (Å²) in [6.45, 7) is 1.58. The number of aliphatic hydroxyl groups excluding tert-OH is 1. The third-order valence-corrected chi connectivity index (χ3v) is 3.95. The van der Waals surface area contributed by atoms with Gasteiger partial charge in [-0.1, -0.05) is 0 Å². The van der Waals surface area contributed by atoms with Gasteiger partial charge in [0.15, 0.2) is 0 Å². The monoisotopic (exact) mass is 196 g/mol. The highest BCUT2D eigenvalue weighted by Gasteiger charge is 2.23. The minimum Gasteiger partial charge on any atom is -0.395 e. The fourth-order valence-corrected chi connectivity index (χ4v) is 1.89. The lowest BCUT2D eigenvalue weighted by atomic mass is 10.5. The summed E-state index contributed by atoms with van der Waals surface area (Å²) < 4.78 is 23.9. The van der Waals surface area contributed by atoms with Crippen molar-refractivity contribution < 1.29 is 13.5 Å². The van der Waals surface area contributed by atoms with Crippen molar-refractivity contribution in [1.29, 1.82) is 0 Å². The third-order valence-electron chi connectivity index (χ3n) is 1.69. The summed E-state index contributed by atoms with van der Waals surface area (Å²) in [4.78, 5) is 0. The van der Waals surface area contributed by atoms with Gasteiger partial charge in [-0.25, -0.2) is 12.7 Å². The fraction of sp³-hybridized carbons (Fsp3) is 1.00. The smallest absolute Gasteiger partial charge is 0.217 e. The van der Waals surface area contributed by atoms with Crippen LogP contribution in [0.2, 0.25) is 0 Å². The Morgan fingerprint density at radius 1 is 1.58 bits per heavy atom. The first-order valence-electron chi connectivity index (χ1n) is 3.73. The maximum atomic E-state index is 11.4. The van der Waals surface area contributed by atoms with Gasteiger partial charge in [-0.05, 0) is 6.92 Å². The first-order chi connectivity index (χ1) is 5.46. The number of likely N-dealkylation sites (N-methyl/N-ethyl adjacent to an activating group) is 1. The van der Waals surface area contributed by atoms with E-state index in [0.717, 1.165) is 4.31 Å². The molecule has 0 aliphatic carbocycles. The molecule has 3 N–H and O–H groups in total. The normalized spacial score (nSPS) is 15.1. The Morgan fingerprint density at radius 3 is 2.42 bits per heavy atom. The highest BCUT2D eigenvalue weighted by Crippen LogP contribution is 2.04. The van der Waals surface area contributed by atoms with Gasteiger partial charge in [0.1, 0.15) is 0 Å². The lowest BCUT2D eigenvalue weighted by molar-refractivity contribution is 0.266. The molecule has 0 heterocycles. The predicted molar refractivity (Wildman–Crippen MR) is 47.2 cm³/mol. The molecule has 0 radical (unpaired) electrons. The molecule has 5 nitrogen and oxygen atoms in total. The van der Waals surface area contributed by atoms with E-state index in [2.05, 4.69) is 0 Å². The molecular weight excluding hydrogens is 180 g/mol. The van der Waals surface area contributed by atoms with Crippen LogP contribution in [0.3, 0.4) is 0 Å². The van der Waals surface area contributed by atoms with Crippen LogP contribution in [0, 0.1) is 0 Å². The molecule has 0 amide bonds. The molecular formula is C6H16N2O3S. The van der Waals surface area contributed by atoms with Crippen LogP contribution in [0.4, 0.5) is 0 Å². The van der Waals surface area contributed by atoms with E-state index in [1.807, 2.05) is 0 Å². The Kier molecular flexibility index (Phi) is 4.69. The molecule has 1 atom stereocenters. The second-order valence-corrected chi connectivity index (χ2v) is 5.09. The summed E-state index contributed by atoms with van der Waals surface area (Å²) in [6, 6.07) is 0. The van der Waals surface area contributed by atoms with Crippen LogP contribution in [0.1, 0.15) is 6.92 Å². The van der Waals surface area contributed by atoms with E-state index in [4.69, 9.17) is 10.8 Å². The molecule has 1 unspecified atom stereocenters. The van der Waals surface area contributed by atoms with Gasteiger partial charge < -0.3 is 10.8 Å². The Morgan fingerprint density at radius 2 is 2.08 bits per heavy atom. The Hall–Kier alpha value is -0.170. The lowest BCUT2D eigenvalue weighted by Crippen LogP contribution is -2.39. The maximum absolute atomic E-state index is 11.4. The second-order valence-electron chi connectivity index (χ2n) is 2.64. The maximum Gasteiger partial charge on any atom is 0.217 e. The fourth-order valence-electron chi connectivity index (χ4n) is 0.697. The van der Waals surface area contributed by atoms with E-state index in [1.54, 1.807) is 6.92 Å². The van der Waals surface area contributed by atoms with Crippen LogP contribution in [-0.2, 0) is 10.0 Å². The summed E-state index contributed by atoms with van der Waals surface area (Å²) in [5.41, 5.74) is 5.22. The summed E-state index contributed by atoms with van der Waals surface area (Å²) in [5, 5.41) is 7.93. The molecule has 0 aromatic heterocycles. The van der Waals surface area contributed by atoms with Crippen molar-refractivity contribution in [2.24, 2.45) is 5.73 Å². The van der Waals surface area contributed by atoms with E-state index in [-0.39, 0.29) is 19.7 Å². The van der Waals surface area contributed by atoms with Gasteiger partial charge in [0.2, 0.25) is 10.0 Å². The summed E-state index contributed by atoms with van der Waals surface area (Å²) in [6.07, 6.45) is 0. The largest absolute Gasteiger partial charge is 0.395 e. The highest BCUT2D eigenvalue weighted by molar-refractivity contribution is 7.89. The van der Waals surface area contributed by atoms with E-state index in [0.29, 0.717) is 0 Å². The molecule has 0 fully saturated rings. The number of aliphatic hydroxyl groups is 1. The first-order valence-corrected chi connectivity index (χ1v) is 5.23. The predicted octanol–water partition coefficient (Wildman–Crippen LogP) is -1.41. The van der Waals surface area contributed by atoms with Crippen LogP contribution in [0.15, 0.2) is 0 Å². The van der Waals surface area contributed by atoms with Crippen LogP contribution >= 0.6 is 0 Å². The van der Waals surface area contributed by atoms with E-state index in [9.17, 15) is 8.42 Å². The summed E-state index contributed by atoms with van der Waals surface area (Å²) in [5.74, 6) is 0. The molecule has 0 rings (SSSR count). The molecule has 0 spiro atoms. The topological polar surface area (TPSA) is 83.6 Å². The third kappa shape index (κ3) is 2.71. The lowest BCUT2D eigenvalue weighted by Gasteiger charge is -2.19. The Balaban J connectivity index is 4.39. The SMILES string of the molecule is CC(CN)S(=O)(=O)N(C)CCO. The minimum atomic E-state index is -3.30. The van der Waals surface area contributed by atoms with Gasteiger partial charge in [-0.3, -0.25) is 0 Å². The zero-order valence-corrected chi connectivity index (χ0v) is 8.21. The molecule has 74 valence electrons. The molecule has 0 aromatic carbocycles. The molecule has 0 saturated heterocycles. The van der Waals surface area contributed by atoms with Crippen LogP contribution in [-0.4, -0.2) is 49.8 Å². The van der Waals surface area contributed by atoms with E-state index < -0.39 is 15.3 Å². The first kappa shape index (κ1) is 11.8. The molecule has 6 heteroatoms.